The lowest BCUT2D eigenvalue weighted by Gasteiger charge is -2.46. The summed E-state index contributed by atoms with van der Waals surface area (Å²) in [4.78, 5) is 0. The summed E-state index contributed by atoms with van der Waals surface area (Å²) >= 11 is 0. The summed E-state index contributed by atoms with van der Waals surface area (Å²) in [5.74, 6) is 0.627. The predicted molar refractivity (Wildman–Crippen MR) is 81.3 cm³/mol. The van der Waals surface area contributed by atoms with Gasteiger partial charge in [0.1, 0.15) is 0 Å². The molecular formula is C17H34O2. The average molecular weight is 270 g/mol. The third kappa shape index (κ3) is 4.46. The van der Waals surface area contributed by atoms with Crippen molar-refractivity contribution in [3.63, 3.8) is 0 Å². The maximum atomic E-state index is 10.7. The molecule has 1 aliphatic rings. The van der Waals surface area contributed by atoms with Crippen molar-refractivity contribution in [1.82, 2.24) is 0 Å². The van der Waals surface area contributed by atoms with Crippen molar-refractivity contribution in [1.29, 1.82) is 0 Å². The number of aliphatic hydroxyl groups is 1. The maximum Gasteiger partial charge on any atom is 0.0940 e. The van der Waals surface area contributed by atoms with Crippen LogP contribution in [0.2, 0.25) is 0 Å². The Labute approximate surface area is 119 Å². The van der Waals surface area contributed by atoms with Crippen LogP contribution in [0, 0.1) is 11.3 Å². The van der Waals surface area contributed by atoms with Crippen LogP contribution in [0.25, 0.3) is 0 Å². The Morgan fingerprint density at radius 2 is 1.53 bits per heavy atom. The number of rotatable bonds is 7. The zero-order chi connectivity index (χ0) is 14.5. The lowest BCUT2D eigenvalue weighted by Crippen LogP contribution is -2.49. The molecule has 0 aromatic carbocycles. The van der Waals surface area contributed by atoms with E-state index in [0.29, 0.717) is 17.9 Å². The normalized spacial score (nSPS) is 23.5. The van der Waals surface area contributed by atoms with Gasteiger partial charge in [-0.3, -0.25) is 0 Å². The fourth-order valence-corrected chi connectivity index (χ4v) is 3.36. The van der Waals surface area contributed by atoms with Crippen LogP contribution in [0.15, 0.2) is 0 Å². The summed E-state index contributed by atoms with van der Waals surface area (Å²) in [5, 5.41) is 10.7. The van der Waals surface area contributed by atoms with Gasteiger partial charge < -0.3 is 9.84 Å². The second-order valence-corrected chi connectivity index (χ2v) is 7.10. The Morgan fingerprint density at radius 1 is 1.00 bits per heavy atom. The molecule has 0 aliphatic heterocycles. The summed E-state index contributed by atoms with van der Waals surface area (Å²) in [5.41, 5.74) is 0.141. The van der Waals surface area contributed by atoms with Crippen molar-refractivity contribution in [2.24, 2.45) is 11.3 Å². The standard InChI is InChI=1S/C17H34O2/c1-6-14(7-2)13-15(18)17(19-8-3)11-9-16(4,5)10-12-17/h14-15,18H,6-13H2,1-5H3. The highest BCUT2D eigenvalue weighted by molar-refractivity contribution is 4.96. The van der Waals surface area contributed by atoms with Gasteiger partial charge >= 0.3 is 0 Å². The summed E-state index contributed by atoms with van der Waals surface area (Å²) < 4.78 is 6.07. The Bertz CT molecular complexity index is 246. The molecule has 0 heterocycles. The SMILES string of the molecule is CCOC1(C(O)CC(CC)CC)CCC(C)(C)CC1. The maximum absolute atomic E-state index is 10.7. The molecular weight excluding hydrogens is 236 g/mol. The molecule has 2 nitrogen and oxygen atoms in total. The van der Waals surface area contributed by atoms with Crippen molar-refractivity contribution >= 4 is 0 Å². The van der Waals surface area contributed by atoms with Crippen LogP contribution < -0.4 is 0 Å². The molecule has 1 unspecified atom stereocenters. The van der Waals surface area contributed by atoms with Gasteiger partial charge in [0.2, 0.25) is 0 Å². The minimum atomic E-state index is -0.298. The van der Waals surface area contributed by atoms with E-state index in [1.807, 2.05) is 6.92 Å². The second-order valence-electron chi connectivity index (χ2n) is 7.10. The van der Waals surface area contributed by atoms with E-state index in [1.165, 1.54) is 0 Å². The first-order valence-electron chi connectivity index (χ1n) is 8.21. The smallest absolute Gasteiger partial charge is 0.0940 e. The van der Waals surface area contributed by atoms with E-state index >= 15 is 0 Å². The van der Waals surface area contributed by atoms with Gasteiger partial charge in [-0.05, 0) is 50.4 Å². The summed E-state index contributed by atoms with van der Waals surface area (Å²) in [6.07, 6.45) is 7.24. The molecule has 0 amide bonds. The van der Waals surface area contributed by atoms with Gasteiger partial charge in [0.05, 0.1) is 11.7 Å². The number of ether oxygens (including phenoxy) is 1. The molecule has 1 N–H and O–H groups in total. The molecule has 0 spiro atoms. The summed E-state index contributed by atoms with van der Waals surface area (Å²) in [6.45, 7) is 11.9. The van der Waals surface area contributed by atoms with Crippen LogP contribution in [0.1, 0.15) is 79.6 Å². The van der Waals surface area contributed by atoms with Crippen LogP contribution in [0.5, 0.6) is 0 Å². The van der Waals surface area contributed by atoms with Gasteiger partial charge in [0.15, 0.2) is 0 Å². The minimum absolute atomic E-state index is 0.271. The van der Waals surface area contributed by atoms with Crippen LogP contribution in [0.4, 0.5) is 0 Å². The van der Waals surface area contributed by atoms with E-state index in [0.717, 1.165) is 44.9 Å². The van der Waals surface area contributed by atoms with Gasteiger partial charge in [-0.15, -0.1) is 0 Å². The minimum Gasteiger partial charge on any atom is -0.390 e. The van der Waals surface area contributed by atoms with Gasteiger partial charge in [-0.2, -0.15) is 0 Å². The Balaban J connectivity index is 2.70. The van der Waals surface area contributed by atoms with E-state index in [1.54, 1.807) is 0 Å². The molecule has 1 rings (SSSR count). The first-order valence-corrected chi connectivity index (χ1v) is 8.21. The highest BCUT2D eigenvalue weighted by Gasteiger charge is 2.44. The Morgan fingerprint density at radius 3 is 1.95 bits per heavy atom. The van der Waals surface area contributed by atoms with Crippen molar-refractivity contribution < 1.29 is 9.84 Å². The van der Waals surface area contributed by atoms with Crippen LogP contribution >= 0.6 is 0 Å². The Hall–Kier alpha value is -0.0800. The van der Waals surface area contributed by atoms with E-state index in [4.69, 9.17) is 4.74 Å². The molecule has 1 saturated carbocycles. The lowest BCUT2D eigenvalue weighted by atomic mass is 9.68. The van der Waals surface area contributed by atoms with Crippen molar-refractivity contribution in [2.45, 2.75) is 91.3 Å². The molecule has 1 atom stereocenters. The van der Waals surface area contributed by atoms with Crippen LogP contribution in [0.3, 0.4) is 0 Å². The van der Waals surface area contributed by atoms with Crippen molar-refractivity contribution in [2.75, 3.05) is 6.61 Å². The average Bonchev–Trinajstić information content (AvgIpc) is 2.38. The lowest BCUT2D eigenvalue weighted by molar-refractivity contribution is -0.156. The zero-order valence-electron chi connectivity index (χ0n) is 13.7. The van der Waals surface area contributed by atoms with Crippen molar-refractivity contribution in [3.05, 3.63) is 0 Å². The molecule has 0 saturated heterocycles. The number of hydrogen-bond donors (Lipinski definition) is 1. The van der Waals surface area contributed by atoms with Gasteiger partial charge in [-0.25, -0.2) is 0 Å². The summed E-state index contributed by atoms with van der Waals surface area (Å²) in [7, 11) is 0. The fraction of sp³-hybridized carbons (Fsp3) is 1.00. The zero-order valence-corrected chi connectivity index (χ0v) is 13.7. The van der Waals surface area contributed by atoms with E-state index in [-0.39, 0.29) is 11.7 Å². The van der Waals surface area contributed by atoms with Crippen LogP contribution in [-0.2, 0) is 4.74 Å². The Kier molecular flexibility index (Phi) is 6.32. The third-order valence-corrected chi connectivity index (χ3v) is 5.20. The largest absolute Gasteiger partial charge is 0.390 e. The van der Waals surface area contributed by atoms with E-state index in [2.05, 4.69) is 27.7 Å². The molecule has 2 heteroatoms. The van der Waals surface area contributed by atoms with Crippen molar-refractivity contribution in [3.8, 4) is 0 Å². The molecule has 1 aliphatic carbocycles. The molecule has 19 heavy (non-hydrogen) atoms. The third-order valence-electron chi connectivity index (χ3n) is 5.20. The monoisotopic (exact) mass is 270 g/mol. The predicted octanol–water partition coefficient (Wildman–Crippen LogP) is 4.55. The molecule has 0 radical (unpaired) electrons. The first kappa shape index (κ1) is 17.0. The van der Waals surface area contributed by atoms with E-state index in [9.17, 15) is 5.11 Å². The summed E-state index contributed by atoms with van der Waals surface area (Å²) in [6, 6.07) is 0. The van der Waals surface area contributed by atoms with Gasteiger partial charge in [0.25, 0.3) is 0 Å². The fourth-order valence-electron chi connectivity index (χ4n) is 3.36. The quantitative estimate of drug-likeness (QED) is 0.735. The number of aliphatic hydroxyl groups excluding tert-OH is 1. The second kappa shape index (κ2) is 7.08. The topological polar surface area (TPSA) is 29.5 Å². The van der Waals surface area contributed by atoms with Crippen LogP contribution in [-0.4, -0.2) is 23.4 Å². The molecule has 114 valence electrons. The molecule has 0 aromatic heterocycles. The van der Waals surface area contributed by atoms with Gasteiger partial charge in [0, 0.05) is 6.61 Å². The first-order chi connectivity index (χ1) is 8.89. The van der Waals surface area contributed by atoms with Gasteiger partial charge in [-0.1, -0.05) is 40.5 Å². The number of hydrogen-bond acceptors (Lipinski definition) is 2. The molecule has 0 aromatic rings. The molecule has 1 fully saturated rings. The molecule has 0 bridgehead atoms. The van der Waals surface area contributed by atoms with E-state index < -0.39 is 0 Å². The highest BCUT2D eigenvalue weighted by Crippen LogP contribution is 2.44. The highest BCUT2D eigenvalue weighted by atomic mass is 16.5.